The van der Waals surface area contributed by atoms with E-state index in [0.29, 0.717) is 24.5 Å². The molecule has 7 heteroatoms. The Kier molecular flexibility index (Phi) is 5.65. The van der Waals surface area contributed by atoms with E-state index >= 15 is 0 Å². The molecule has 0 aliphatic carbocycles. The number of fused-ring (bicyclic) bond motifs is 1. The number of halogens is 1. The van der Waals surface area contributed by atoms with Crippen LogP contribution in [0.3, 0.4) is 0 Å². The molecule has 2 fully saturated rings. The van der Waals surface area contributed by atoms with Gasteiger partial charge in [0.05, 0.1) is 6.54 Å². The van der Waals surface area contributed by atoms with Crippen molar-refractivity contribution in [2.75, 3.05) is 13.1 Å². The molecule has 1 aromatic rings. The lowest BCUT2D eigenvalue weighted by Gasteiger charge is -2.36. The second kappa shape index (κ2) is 7.47. The van der Waals surface area contributed by atoms with E-state index in [2.05, 4.69) is 5.32 Å². The van der Waals surface area contributed by atoms with Crippen molar-refractivity contribution in [3.63, 3.8) is 0 Å². The highest BCUT2D eigenvalue weighted by atomic mass is 35.5. The Bertz CT molecular complexity index is 789. The Morgan fingerprint density at radius 1 is 1.24 bits per heavy atom. The number of carbonyl (C=O) groups excluding carboxylic acids is 2. The second-order valence-electron chi connectivity index (χ2n) is 9.54. The summed E-state index contributed by atoms with van der Waals surface area (Å²) in [4.78, 5) is 27.2. The Labute approximate surface area is 177 Å². The summed E-state index contributed by atoms with van der Waals surface area (Å²) in [7, 11) is 0. The van der Waals surface area contributed by atoms with Gasteiger partial charge in [-0.25, -0.2) is 4.79 Å². The van der Waals surface area contributed by atoms with Crippen molar-refractivity contribution < 1.29 is 19.1 Å². The smallest absolute Gasteiger partial charge is 0.408 e. The highest BCUT2D eigenvalue weighted by Gasteiger charge is 2.70. The van der Waals surface area contributed by atoms with Crippen molar-refractivity contribution in [3.8, 4) is 0 Å². The first-order chi connectivity index (χ1) is 13.4. The van der Waals surface area contributed by atoms with E-state index in [1.807, 2.05) is 45.0 Å². The number of carbonyl (C=O) groups is 2. The number of hydrogen-bond donors (Lipinski definition) is 1. The van der Waals surface area contributed by atoms with Gasteiger partial charge < -0.3 is 19.7 Å². The molecule has 3 atom stereocenters. The highest BCUT2D eigenvalue weighted by molar-refractivity contribution is 6.30. The predicted molar refractivity (Wildman–Crippen MR) is 112 cm³/mol. The molecule has 3 rings (SSSR count). The van der Waals surface area contributed by atoms with Crippen molar-refractivity contribution in [2.24, 2.45) is 5.92 Å². The molecule has 0 saturated carbocycles. The summed E-state index contributed by atoms with van der Waals surface area (Å²) in [5, 5.41) is 3.44. The lowest BCUT2D eigenvalue weighted by molar-refractivity contribution is -0.136. The van der Waals surface area contributed by atoms with Crippen LogP contribution in [0.1, 0.15) is 53.5 Å². The summed E-state index contributed by atoms with van der Waals surface area (Å²) in [6, 6.07) is 7.07. The first kappa shape index (κ1) is 21.9. The van der Waals surface area contributed by atoms with E-state index in [1.165, 1.54) is 0 Å². The third-order valence-electron chi connectivity index (χ3n) is 5.67. The molecular weight excluding hydrogens is 392 g/mol. The van der Waals surface area contributed by atoms with E-state index in [9.17, 15) is 9.59 Å². The van der Waals surface area contributed by atoms with Crippen LogP contribution in [0.5, 0.6) is 0 Å². The molecule has 2 heterocycles. The number of amides is 2. The maximum absolute atomic E-state index is 13.2. The molecule has 0 bridgehead atoms. The van der Waals surface area contributed by atoms with Gasteiger partial charge in [-0.15, -0.1) is 0 Å². The molecule has 1 N–H and O–H groups in total. The molecule has 6 nitrogen and oxygen atoms in total. The van der Waals surface area contributed by atoms with Crippen LogP contribution in [0.15, 0.2) is 24.3 Å². The topological polar surface area (TPSA) is 71.2 Å². The van der Waals surface area contributed by atoms with E-state index in [4.69, 9.17) is 21.1 Å². The number of nitrogens with one attached hydrogen (secondary N) is 1. The average Bonchev–Trinajstić information content (AvgIpc) is 3.24. The van der Waals surface area contributed by atoms with Crippen LogP contribution < -0.4 is 5.32 Å². The third-order valence-corrected chi connectivity index (χ3v) is 5.92. The Balaban J connectivity index is 1.69. The van der Waals surface area contributed by atoms with Gasteiger partial charge in [-0.05, 0) is 51.3 Å². The van der Waals surface area contributed by atoms with Crippen LogP contribution in [0.25, 0.3) is 0 Å². The maximum atomic E-state index is 13.2. The summed E-state index contributed by atoms with van der Waals surface area (Å²) in [6.07, 6.45) is 0.125. The van der Waals surface area contributed by atoms with Gasteiger partial charge in [-0.1, -0.05) is 37.6 Å². The van der Waals surface area contributed by atoms with Crippen molar-refractivity contribution in [3.05, 3.63) is 34.9 Å². The first-order valence-electron chi connectivity index (χ1n) is 10.1. The van der Waals surface area contributed by atoms with E-state index in [1.54, 1.807) is 25.7 Å². The molecule has 2 aliphatic heterocycles. The number of ether oxygens (including phenoxy) is 2. The van der Waals surface area contributed by atoms with E-state index in [-0.39, 0.29) is 17.4 Å². The number of piperidine rings is 1. The molecule has 0 spiro atoms. The number of benzene rings is 1. The highest BCUT2D eigenvalue weighted by Crippen LogP contribution is 2.60. The number of likely N-dealkylation sites (tertiary alicyclic amines) is 1. The van der Waals surface area contributed by atoms with Gasteiger partial charge in [0.2, 0.25) is 5.91 Å². The molecule has 160 valence electrons. The maximum Gasteiger partial charge on any atom is 0.408 e. The minimum atomic E-state index is -0.643. The summed E-state index contributed by atoms with van der Waals surface area (Å²) in [5.74, 6) is -0.168. The van der Waals surface area contributed by atoms with E-state index in [0.717, 1.165) is 5.56 Å². The Hall–Kier alpha value is -1.79. The largest absolute Gasteiger partial charge is 0.444 e. The van der Waals surface area contributed by atoms with Gasteiger partial charge in [0, 0.05) is 18.0 Å². The first-order valence-corrected chi connectivity index (χ1v) is 10.5. The summed E-state index contributed by atoms with van der Waals surface area (Å²) in [6.45, 7) is 12.3. The van der Waals surface area contributed by atoms with Gasteiger partial charge in [0.1, 0.15) is 22.8 Å². The predicted octanol–water partition coefficient (Wildman–Crippen LogP) is 4.11. The van der Waals surface area contributed by atoms with E-state index < -0.39 is 23.3 Å². The number of rotatable bonds is 4. The SMILES string of the molecule is CC(C)[C@@H](NC(=O)OC(C)(C)C)C(=O)N1CC[C@@]2(c3ccc(Cl)cc3)OC2(C)C1. The number of nitrogens with zero attached hydrogens (tertiary/aromatic N) is 1. The molecule has 29 heavy (non-hydrogen) atoms. The molecule has 0 radical (unpaired) electrons. The lowest BCUT2D eigenvalue weighted by Crippen LogP contribution is -2.56. The molecule has 0 aromatic heterocycles. The van der Waals surface area contributed by atoms with Gasteiger partial charge in [0.15, 0.2) is 0 Å². The summed E-state index contributed by atoms with van der Waals surface area (Å²) in [5.41, 5.74) is -0.348. The fourth-order valence-corrected chi connectivity index (χ4v) is 4.26. The zero-order valence-corrected chi connectivity index (χ0v) is 18.8. The Morgan fingerprint density at radius 3 is 2.38 bits per heavy atom. The minimum Gasteiger partial charge on any atom is -0.444 e. The number of epoxide rings is 1. The third kappa shape index (κ3) is 4.38. The molecule has 2 saturated heterocycles. The molecule has 2 aliphatic rings. The van der Waals surface area contributed by atoms with Gasteiger partial charge >= 0.3 is 6.09 Å². The number of hydrogen-bond acceptors (Lipinski definition) is 4. The van der Waals surface area contributed by atoms with Crippen LogP contribution in [-0.4, -0.2) is 47.2 Å². The molecule has 1 unspecified atom stereocenters. The fourth-order valence-electron chi connectivity index (χ4n) is 4.13. The normalized spacial score (nSPS) is 27.2. The average molecular weight is 423 g/mol. The molecule has 2 amide bonds. The van der Waals surface area contributed by atoms with Crippen LogP contribution >= 0.6 is 11.6 Å². The summed E-state index contributed by atoms with van der Waals surface area (Å²) >= 11 is 6.02. The standard InChI is InChI=1S/C22H31ClN2O4/c1-14(2)17(24-19(27)28-20(3,4)5)18(26)25-12-11-22(21(6,13-25)29-22)15-7-9-16(23)10-8-15/h7-10,14,17H,11-13H2,1-6H3,(H,24,27)/t17-,21?,22+/m1/s1. The zero-order valence-electron chi connectivity index (χ0n) is 18.0. The second-order valence-corrected chi connectivity index (χ2v) is 9.98. The minimum absolute atomic E-state index is 0.0640. The molecular formula is C22H31ClN2O4. The number of alkyl carbamates (subject to hydrolysis) is 1. The lowest BCUT2D eigenvalue weighted by atomic mass is 9.81. The van der Waals surface area contributed by atoms with Crippen molar-refractivity contribution in [1.29, 1.82) is 0 Å². The van der Waals surface area contributed by atoms with Crippen LogP contribution in [0, 0.1) is 5.92 Å². The van der Waals surface area contributed by atoms with Crippen LogP contribution in [-0.2, 0) is 19.9 Å². The van der Waals surface area contributed by atoms with Gasteiger partial charge in [-0.3, -0.25) is 4.79 Å². The Morgan fingerprint density at radius 2 is 1.86 bits per heavy atom. The summed E-state index contributed by atoms with van der Waals surface area (Å²) < 4.78 is 11.5. The van der Waals surface area contributed by atoms with Gasteiger partial charge in [-0.2, -0.15) is 0 Å². The fraction of sp³-hybridized carbons (Fsp3) is 0.636. The quantitative estimate of drug-likeness (QED) is 0.741. The van der Waals surface area contributed by atoms with Crippen LogP contribution in [0.2, 0.25) is 5.02 Å². The van der Waals surface area contributed by atoms with Gasteiger partial charge in [0.25, 0.3) is 0 Å². The van der Waals surface area contributed by atoms with Crippen molar-refractivity contribution in [2.45, 2.75) is 70.8 Å². The molecule has 1 aromatic carbocycles. The van der Waals surface area contributed by atoms with Crippen molar-refractivity contribution in [1.82, 2.24) is 10.2 Å². The van der Waals surface area contributed by atoms with Crippen molar-refractivity contribution >= 4 is 23.6 Å². The monoisotopic (exact) mass is 422 g/mol. The zero-order chi connectivity index (χ0) is 21.6. The van der Waals surface area contributed by atoms with Crippen LogP contribution in [0.4, 0.5) is 4.79 Å².